The van der Waals surface area contributed by atoms with Gasteiger partial charge in [0.05, 0.1) is 0 Å². The Morgan fingerprint density at radius 2 is 2.00 bits per heavy atom. The van der Waals surface area contributed by atoms with E-state index < -0.39 is 0 Å². The molecule has 1 aromatic rings. The van der Waals surface area contributed by atoms with Crippen LogP contribution >= 0.6 is 11.8 Å². The van der Waals surface area contributed by atoms with E-state index in [-0.39, 0.29) is 0 Å². The van der Waals surface area contributed by atoms with Crippen LogP contribution in [0.4, 0.5) is 5.69 Å². The van der Waals surface area contributed by atoms with Gasteiger partial charge in [0.15, 0.2) is 0 Å². The van der Waals surface area contributed by atoms with E-state index in [9.17, 15) is 0 Å². The van der Waals surface area contributed by atoms with Crippen LogP contribution in [0.1, 0.15) is 31.2 Å². The van der Waals surface area contributed by atoms with Crippen molar-refractivity contribution in [3.8, 4) is 0 Å². The average Bonchev–Trinajstić information content (AvgIpc) is 2.79. The molecule has 1 N–H and O–H groups in total. The van der Waals surface area contributed by atoms with Crippen molar-refractivity contribution in [3.63, 3.8) is 0 Å². The molecule has 2 heteroatoms. The van der Waals surface area contributed by atoms with Crippen molar-refractivity contribution in [2.75, 3.05) is 17.6 Å². The minimum absolute atomic E-state index is 0.943. The highest BCUT2D eigenvalue weighted by Gasteiger charge is 2.14. The molecule has 1 nitrogen and oxygen atoms in total. The highest BCUT2D eigenvalue weighted by molar-refractivity contribution is 7.99. The topological polar surface area (TPSA) is 12.0 Å². The van der Waals surface area contributed by atoms with Crippen LogP contribution in [0.25, 0.3) is 0 Å². The fraction of sp³-hybridized carbons (Fsp3) is 0.571. The lowest BCUT2D eigenvalue weighted by atomic mass is 10.2. The van der Waals surface area contributed by atoms with Crippen LogP contribution in [0.2, 0.25) is 0 Å². The molecule has 0 unspecified atom stereocenters. The molecule has 1 aromatic carbocycles. The Bertz CT molecular complexity index is 318. The molecule has 0 spiro atoms. The first-order valence-corrected chi connectivity index (χ1v) is 7.32. The maximum absolute atomic E-state index is 3.52. The highest BCUT2D eigenvalue weighted by atomic mass is 32.2. The van der Waals surface area contributed by atoms with Gasteiger partial charge in [-0.3, -0.25) is 0 Å². The second-order valence-corrected chi connectivity index (χ2v) is 5.93. The number of thioether (sulfide) groups is 1. The molecule has 1 saturated carbocycles. The number of rotatable bonds is 5. The van der Waals surface area contributed by atoms with Gasteiger partial charge >= 0.3 is 0 Å². The van der Waals surface area contributed by atoms with E-state index in [0.717, 1.165) is 11.8 Å². The number of aryl methyl sites for hydroxylation is 1. The quantitative estimate of drug-likeness (QED) is 0.772. The third kappa shape index (κ3) is 3.44. The predicted molar refractivity (Wildman–Crippen MR) is 74.4 cm³/mol. The monoisotopic (exact) mass is 235 g/mol. The van der Waals surface area contributed by atoms with Crippen LogP contribution in [0.3, 0.4) is 0 Å². The highest BCUT2D eigenvalue weighted by Crippen LogP contribution is 2.29. The van der Waals surface area contributed by atoms with Crippen molar-refractivity contribution in [2.45, 2.75) is 37.9 Å². The van der Waals surface area contributed by atoms with Gasteiger partial charge in [-0.1, -0.05) is 31.0 Å². The fourth-order valence-electron chi connectivity index (χ4n) is 2.24. The second kappa shape index (κ2) is 6.19. The maximum atomic E-state index is 3.52. The van der Waals surface area contributed by atoms with Crippen LogP contribution in [0.5, 0.6) is 0 Å². The largest absolute Gasteiger partial charge is 0.384 e. The number of para-hydroxylation sites is 1. The van der Waals surface area contributed by atoms with Crippen molar-refractivity contribution in [2.24, 2.45) is 0 Å². The van der Waals surface area contributed by atoms with Gasteiger partial charge in [-0.2, -0.15) is 11.8 Å². The zero-order valence-corrected chi connectivity index (χ0v) is 10.9. The van der Waals surface area contributed by atoms with E-state index in [1.165, 1.54) is 42.7 Å². The standard InChI is InChI=1S/C14H21NS/c1-12-6-2-5-9-14(12)15-10-11-16-13-7-3-4-8-13/h2,5-6,9,13,15H,3-4,7-8,10-11H2,1H3. The number of hydrogen-bond acceptors (Lipinski definition) is 2. The Labute approximate surface area is 103 Å². The van der Waals surface area contributed by atoms with E-state index >= 15 is 0 Å². The van der Waals surface area contributed by atoms with E-state index in [2.05, 4.69) is 48.3 Å². The molecule has 0 amide bonds. The summed E-state index contributed by atoms with van der Waals surface area (Å²) >= 11 is 2.15. The minimum atomic E-state index is 0.943. The third-order valence-electron chi connectivity index (χ3n) is 3.22. The smallest absolute Gasteiger partial charge is 0.0370 e. The van der Waals surface area contributed by atoms with Gasteiger partial charge in [0.2, 0.25) is 0 Å². The molecule has 0 radical (unpaired) electrons. The van der Waals surface area contributed by atoms with Crippen molar-refractivity contribution >= 4 is 17.4 Å². The van der Waals surface area contributed by atoms with Gasteiger partial charge < -0.3 is 5.32 Å². The Hall–Kier alpha value is -0.630. The summed E-state index contributed by atoms with van der Waals surface area (Å²) in [7, 11) is 0. The van der Waals surface area contributed by atoms with Crippen molar-refractivity contribution in [1.29, 1.82) is 0 Å². The summed E-state index contributed by atoms with van der Waals surface area (Å²) in [4.78, 5) is 0. The van der Waals surface area contributed by atoms with E-state index in [4.69, 9.17) is 0 Å². The molecule has 0 aromatic heterocycles. The summed E-state index contributed by atoms with van der Waals surface area (Å²) in [6.45, 7) is 3.25. The zero-order valence-electron chi connectivity index (χ0n) is 10.0. The van der Waals surface area contributed by atoms with Crippen molar-refractivity contribution in [3.05, 3.63) is 29.8 Å². The predicted octanol–water partition coefficient (Wildman–Crippen LogP) is 4.08. The molecule has 1 fully saturated rings. The van der Waals surface area contributed by atoms with Crippen LogP contribution in [-0.2, 0) is 0 Å². The lowest BCUT2D eigenvalue weighted by Gasteiger charge is -2.11. The summed E-state index contributed by atoms with van der Waals surface area (Å²) in [6, 6.07) is 8.51. The van der Waals surface area contributed by atoms with Crippen LogP contribution in [-0.4, -0.2) is 17.5 Å². The van der Waals surface area contributed by atoms with Crippen molar-refractivity contribution in [1.82, 2.24) is 0 Å². The molecule has 2 rings (SSSR count). The SMILES string of the molecule is Cc1ccccc1NCCSC1CCCC1. The first-order valence-electron chi connectivity index (χ1n) is 6.27. The lowest BCUT2D eigenvalue weighted by Crippen LogP contribution is -2.07. The summed E-state index contributed by atoms with van der Waals surface area (Å²) in [5.41, 5.74) is 2.63. The minimum Gasteiger partial charge on any atom is -0.384 e. The number of nitrogens with one attached hydrogen (secondary N) is 1. The number of anilines is 1. The summed E-state index contributed by atoms with van der Waals surface area (Å²) < 4.78 is 0. The van der Waals surface area contributed by atoms with Gasteiger partial charge in [0.1, 0.15) is 0 Å². The summed E-state index contributed by atoms with van der Waals surface area (Å²) in [5.74, 6) is 1.24. The number of hydrogen-bond donors (Lipinski definition) is 1. The molecule has 0 bridgehead atoms. The van der Waals surface area contributed by atoms with Gasteiger partial charge in [-0.05, 0) is 31.4 Å². The molecule has 1 aliphatic rings. The van der Waals surface area contributed by atoms with Gasteiger partial charge in [-0.15, -0.1) is 0 Å². The maximum Gasteiger partial charge on any atom is 0.0370 e. The molecular formula is C14H21NS. The summed E-state index contributed by atoms with van der Waals surface area (Å²) in [6.07, 6.45) is 5.77. The van der Waals surface area contributed by atoms with Gasteiger partial charge in [0.25, 0.3) is 0 Å². The van der Waals surface area contributed by atoms with E-state index in [1.54, 1.807) is 0 Å². The molecule has 0 atom stereocenters. The molecule has 0 aliphatic heterocycles. The van der Waals surface area contributed by atoms with Crippen LogP contribution in [0, 0.1) is 6.92 Å². The lowest BCUT2D eigenvalue weighted by molar-refractivity contribution is 0.886. The first kappa shape index (κ1) is 11.8. The average molecular weight is 235 g/mol. The fourth-order valence-corrected chi connectivity index (χ4v) is 3.46. The Morgan fingerprint density at radius 3 is 2.75 bits per heavy atom. The number of benzene rings is 1. The molecule has 0 saturated heterocycles. The van der Waals surface area contributed by atoms with Gasteiger partial charge in [-0.25, -0.2) is 0 Å². The first-order chi connectivity index (χ1) is 7.86. The van der Waals surface area contributed by atoms with Crippen LogP contribution in [0.15, 0.2) is 24.3 Å². The van der Waals surface area contributed by atoms with E-state index in [1.807, 2.05) is 0 Å². The van der Waals surface area contributed by atoms with Crippen molar-refractivity contribution < 1.29 is 0 Å². The molecule has 1 aliphatic carbocycles. The zero-order chi connectivity index (χ0) is 11.2. The molecular weight excluding hydrogens is 214 g/mol. The Morgan fingerprint density at radius 1 is 1.25 bits per heavy atom. The molecule has 88 valence electrons. The normalized spacial score (nSPS) is 16.6. The second-order valence-electron chi connectivity index (χ2n) is 4.52. The van der Waals surface area contributed by atoms with Gasteiger partial charge in [0, 0.05) is 23.2 Å². The van der Waals surface area contributed by atoms with Crippen LogP contribution < -0.4 is 5.32 Å². The Kier molecular flexibility index (Phi) is 4.58. The molecule has 0 heterocycles. The Balaban J connectivity index is 1.66. The van der Waals surface area contributed by atoms with E-state index in [0.29, 0.717) is 0 Å². The molecule has 16 heavy (non-hydrogen) atoms. The summed E-state index contributed by atoms with van der Waals surface area (Å²) in [5, 5.41) is 4.46. The third-order valence-corrected chi connectivity index (χ3v) is 4.60.